The summed E-state index contributed by atoms with van der Waals surface area (Å²) in [6, 6.07) is 14.1. The van der Waals surface area contributed by atoms with Crippen molar-refractivity contribution in [1.82, 2.24) is 0 Å². The molecular weight excluding hydrogens is 320 g/mol. The van der Waals surface area contributed by atoms with Gasteiger partial charge in [-0.05, 0) is 36.4 Å². The highest BCUT2D eigenvalue weighted by Crippen LogP contribution is 2.29. The van der Waals surface area contributed by atoms with Gasteiger partial charge in [0.25, 0.3) is 5.91 Å². The molecule has 25 heavy (non-hydrogen) atoms. The molecule has 6 heteroatoms. The molecule has 0 saturated heterocycles. The van der Waals surface area contributed by atoms with E-state index in [-0.39, 0.29) is 17.6 Å². The molecule has 0 aliphatic carbocycles. The molecule has 3 rings (SSSR count). The Morgan fingerprint density at radius 2 is 1.84 bits per heavy atom. The molecule has 6 nitrogen and oxygen atoms in total. The van der Waals surface area contributed by atoms with E-state index in [9.17, 15) is 9.59 Å². The maximum Gasteiger partial charge on any atom is 0.291 e. The molecular formula is C19H18N2O4. The third-order valence-electron chi connectivity index (χ3n) is 3.94. The van der Waals surface area contributed by atoms with Gasteiger partial charge in [0.05, 0.1) is 7.11 Å². The number of anilines is 2. The summed E-state index contributed by atoms with van der Waals surface area (Å²) >= 11 is 0. The average Bonchev–Trinajstić information content (AvgIpc) is 3.06. The van der Waals surface area contributed by atoms with Crippen molar-refractivity contribution in [3.05, 3.63) is 54.3 Å². The van der Waals surface area contributed by atoms with Crippen molar-refractivity contribution in [2.45, 2.75) is 6.92 Å². The molecule has 0 aliphatic rings. The number of amides is 2. The van der Waals surface area contributed by atoms with Gasteiger partial charge in [-0.15, -0.1) is 0 Å². The van der Waals surface area contributed by atoms with Crippen LogP contribution in [-0.2, 0) is 4.79 Å². The lowest BCUT2D eigenvalue weighted by Gasteiger charge is -2.15. The average molecular weight is 338 g/mol. The summed E-state index contributed by atoms with van der Waals surface area (Å²) in [6.07, 6.45) is 0. The number of ether oxygens (including phenoxy) is 1. The fourth-order valence-corrected chi connectivity index (χ4v) is 2.45. The molecule has 2 aromatic carbocycles. The monoisotopic (exact) mass is 338 g/mol. The van der Waals surface area contributed by atoms with Crippen LogP contribution in [0.2, 0.25) is 0 Å². The number of carbonyl (C=O) groups is 2. The summed E-state index contributed by atoms with van der Waals surface area (Å²) in [6.45, 7) is 1.49. The summed E-state index contributed by atoms with van der Waals surface area (Å²) in [5, 5.41) is 3.57. The molecule has 0 aliphatic heterocycles. The number of furan rings is 1. The Hall–Kier alpha value is -3.28. The maximum atomic E-state index is 12.4. The zero-order valence-corrected chi connectivity index (χ0v) is 14.2. The van der Waals surface area contributed by atoms with Crippen LogP contribution in [0.5, 0.6) is 5.75 Å². The number of fused-ring (bicyclic) bond motifs is 1. The number of carbonyl (C=O) groups excluding carboxylic acids is 2. The zero-order valence-electron chi connectivity index (χ0n) is 14.2. The standard InChI is InChI=1S/C19H18N2O4/c1-12(22)21(2)15-9-7-14(8-10-15)20-19(23)17-11-13-5-4-6-16(24-3)18(13)25-17/h4-11H,1-3H3,(H,20,23). The Labute approximate surface area is 145 Å². The van der Waals surface area contributed by atoms with Gasteiger partial charge in [0.2, 0.25) is 5.91 Å². The highest BCUT2D eigenvalue weighted by atomic mass is 16.5. The van der Waals surface area contributed by atoms with Gasteiger partial charge in [0.1, 0.15) is 0 Å². The maximum absolute atomic E-state index is 12.4. The summed E-state index contributed by atoms with van der Waals surface area (Å²) in [5.74, 6) is 0.358. The first-order valence-corrected chi connectivity index (χ1v) is 7.72. The van der Waals surface area contributed by atoms with Crippen LogP contribution in [0.4, 0.5) is 11.4 Å². The van der Waals surface area contributed by atoms with Crippen molar-refractivity contribution in [2.24, 2.45) is 0 Å². The minimum absolute atomic E-state index is 0.0620. The fraction of sp³-hybridized carbons (Fsp3) is 0.158. The predicted octanol–water partition coefficient (Wildman–Crippen LogP) is 3.68. The Kier molecular flexibility index (Phi) is 4.43. The van der Waals surface area contributed by atoms with E-state index in [0.717, 1.165) is 11.1 Å². The molecule has 3 aromatic rings. The lowest BCUT2D eigenvalue weighted by atomic mass is 10.2. The van der Waals surface area contributed by atoms with Crippen LogP contribution >= 0.6 is 0 Å². The number of methoxy groups -OCH3 is 1. The molecule has 0 fully saturated rings. The first-order chi connectivity index (χ1) is 12.0. The van der Waals surface area contributed by atoms with Crippen molar-refractivity contribution < 1.29 is 18.7 Å². The molecule has 1 aromatic heterocycles. The van der Waals surface area contributed by atoms with Gasteiger partial charge in [0.15, 0.2) is 17.1 Å². The Bertz CT molecular complexity index is 928. The van der Waals surface area contributed by atoms with E-state index in [1.54, 1.807) is 50.6 Å². The third kappa shape index (κ3) is 3.33. The van der Waals surface area contributed by atoms with E-state index in [1.807, 2.05) is 12.1 Å². The smallest absolute Gasteiger partial charge is 0.291 e. The first-order valence-electron chi connectivity index (χ1n) is 7.72. The van der Waals surface area contributed by atoms with Crippen molar-refractivity contribution in [3.63, 3.8) is 0 Å². The molecule has 0 saturated carbocycles. The number of hydrogen-bond donors (Lipinski definition) is 1. The number of para-hydroxylation sites is 1. The van der Waals surface area contributed by atoms with Gasteiger partial charge in [-0.2, -0.15) is 0 Å². The summed E-state index contributed by atoms with van der Waals surface area (Å²) < 4.78 is 10.9. The van der Waals surface area contributed by atoms with Crippen LogP contribution in [-0.4, -0.2) is 26.0 Å². The van der Waals surface area contributed by atoms with Crippen molar-refractivity contribution in [1.29, 1.82) is 0 Å². The molecule has 0 bridgehead atoms. The third-order valence-corrected chi connectivity index (χ3v) is 3.94. The van der Waals surface area contributed by atoms with E-state index in [1.165, 1.54) is 11.8 Å². The molecule has 0 radical (unpaired) electrons. The fourth-order valence-electron chi connectivity index (χ4n) is 2.45. The topological polar surface area (TPSA) is 71.8 Å². The normalized spacial score (nSPS) is 10.5. The van der Waals surface area contributed by atoms with Crippen molar-refractivity contribution >= 4 is 34.2 Å². The van der Waals surface area contributed by atoms with Crippen LogP contribution in [0, 0.1) is 0 Å². The van der Waals surface area contributed by atoms with E-state index in [0.29, 0.717) is 17.0 Å². The van der Waals surface area contributed by atoms with E-state index >= 15 is 0 Å². The second-order valence-corrected chi connectivity index (χ2v) is 5.57. The van der Waals surface area contributed by atoms with Crippen LogP contribution < -0.4 is 15.0 Å². The lowest BCUT2D eigenvalue weighted by molar-refractivity contribution is -0.116. The number of hydrogen-bond acceptors (Lipinski definition) is 4. The Morgan fingerprint density at radius 1 is 1.12 bits per heavy atom. The molecule has 0 atom stereocenters. The van der Waals surface area contributed by atoms with Gasteiger partial charge in [-0.25, -0.2) is 0 Å². The Balaban J connectivity index is 1.79. The number of benzene rings is 2. The number of nitrogens with zero attached hydrogens (tertiary/aromatic N) is 1. The Morgan fingerprint density at radius 3 is 2.48 bits per heavy atom. The van der Waals surface area contributed by atoms with E-state index < -0.39 is 0 Å². The molecule has 0 spiro atoms. The van der Waals surface area contributed by atoms with E-state index in [4.69, 9.17) is 9.15 Å². The SMILES string of the molecule is COc1cccc2cc(C(=O)Nc3ccc(N(C)C(C)=O)cc3)oc12. The second-order valence-electron chi connectivity index (χ2n) is 5.57. The van der Waals surface area contributed by atoms with Crippen molar-refractivity contribution in [3.8, 4) is 5.75 Å². The van der Waals surface area contributed by atoms with Gasteiger partial charge in [0, 0.05) is 30.7 Å². The predicted molar refractivity (Wildman–Crippen MR) is 96.2 cm³/mol. The van der Waals surface area contributed by atoms with Crippen LogP contribution in [0.1, 0.15) is 17.5 Å². The van der Waals surface area contributed by atoms with Gasteiger partial charge in [-0.3, -0.25) is 9.59 Å². The highest BCUT2D eigenvalue weighted by Gasteiger charge is 2.15. The minimum atomic E-state index is -0.356. The quantitative estimate of drug-likeness (QED) is 0.788. The minimum Gasteiger partial charge on any atom is -0.493 e. The zero-order chi connectivity index (χ0) is 18.0. The van der Waals surface area contributed by atoms with Crippen LogP contribution in [0.25, 0.3) is 11.0 Å². The molecule has 2 amide bonds. The molecule has 128 valence electrons. The van der Waals surface area contributed by atoms with Gasteiger partial charge >= 0.3 is 0 Å². The van der Waals surface area contributed by atoms with Crippen molar-refractivity contribution in [2.75, 3.05) is 24.4 Å². The van der Waals surface area contributed by atoms with Gasteiger partial charge < -0.3 is 19.4 Å². The first kappa shape index (κ1) is 16.6. The largest absolute Gasteiger partial charge is 0.493 e. The lowest BCUT2D eigenvalue weighted by Crippen LogP contribution is -2.22. The summed E-state index contributed by atoms with van der Waals surface area (Å²) in [4.78, 5) is 25.3. The highest BCUT2D eigenvalue weighted by molar-refractivity contribution is 6.05. The molecule has 0 unspecified atom stereocenters. The molecule has 1 heterocycles. The summed E-state index contributed by atoms with van der Waals surface area (Å²) in [5.41, 5.74) is 1.89. The van der Waals surface area contributed by atoms with Gasteiger partial charge in [-0.1, -0.05) is 12.1 Å². The molecule has 1 N–H and O–H groups in total. The van der Waals surface area contributed by atoms with Crippen LogP contribution in [0.15, 0.2) is 52.9 Å². The number of nitrogens with one attached hydrogen (secondary N) is 1. The number of rotatable bonds is 4. The van der Waals surface area contributed by atoms with Crippen LogP contribution in [0.3, 0.4) is 0 Å². The van der Waals surface area contributed by atoms with E-state index in [2.05, 4.69) is 5.32 Å². The summed E-state index contributed by atoms with van der Waals surface area (Å²) in [7, 11) is 3.24. The second kappa shape index (κ2) is 6.68.